The van der Waals surface area contributed by atoms with Crippen LogP contribution in [-0.2, 0) is 23.2 Å². The van der Waals surface area contributed by atoms with E-state index in [0.717, 1.165) is 5.56 Å². The summed E-state index contributed by atoms with van der Waals surface area (Å²) in [6.07, 6.45) is 3.50. The Morgan fingerprint density at radius 1 is 1.23 bits per heavy atom. The van der Waals surface area contributed by atoms with Gasteiger partial charge in [0.1, 0.15) is 0 Å². The fraction of sp³-hybridized carbons (Fsp3) is 0.429. The lowest BCUT2D eigenvalue weighted by Gasteiger charge is -2.25. The summed E-state index contributed by atoms with van der Waals surface area (Å²) < 4.78 is 33.8. The summed E-state index contributed by atoms with van der Waals surface area (Å²) in [4.78, 5) is 26.3. The van der Waals surface area contributed by atoms with Crippen LogP contribution in [0.3, 0.4) is 0 Å². The molecule has 0 aromatic heterocycles. The Balaban J connectivity index is 2.22. The molecule has 0 fully saturated rings. The molecule has 1 heterocycles. The van der Waals surface area contributed by atoms with E-state index >= 15 is 0 Å². The molecule has 0 radical (unpaired) electrons. The first-order chi connectivity index (χ1) is 14.7. The van der Waals surface area contributed by atoms with E-state index in [2.05, 4.69) is 0 Å². The standard InChI is InChI=1S/C21H28NO7PS/c1-6-27-30(25,28-7-2)10-8-22-9-11-31-19(21(22)24)14-17-12-15(3)20(29-16(4)23)18(13-17)26-5/h9,11-14H,6-8,10H2,1-5H3. The zero-order valence-electron chi connectivity index (χ0n) is 18.4. The quantitative estimate of drug-likeness (QED) is 0.213. The Morgan fingerprint density at radius 2 is 1.90 bits per heavy atom. The Kier molecular flexibility index (Phi) is 9.37. The van der Waals surface area contributed by atoms with E-state index in [1.165, 1.54) is 30.7 Å². The maximum atomic E-state index is 12.9. The maximum absolute atomic E-state index is 12.9. The van der Waals surface area contributed by atoms with Crippen LogP contribution in [0.25, 0.3) is 6.08 Å². The molecule has 1 aromatic rings. The first-order valence-corrected chi connectivity index (χ1v) is 12.4. The summed E-state index contributed by atoms with van der Waals surface area (Å²) >= 11 is 1.29. The van der Waals surface area contributed by atoms with E-state index in [-0.39, 0.29) is 31.8 Å². The Bertz CT molecular complexity index is 919. The third kappa shape index (κ3) is 6.97. The van der Waals surface area contributed by atoms with Crippen molar-refractivity contribution in [2.75, 3.05) is 33.0 Å². The number of carbonyl (C=O) groups is 2. The topological polar surface area (TPSA) is 91.4 Å². The number of ether oxygens (including phenoxy) is 2. The van der Waals surface area contributed by atoms with E-state index in [9.17, 15) is 14.2 Å². The number of benzene rings is 1. The molecule has 0 N–H and O–H groups in total. The minimum atomic E-state index is -3.25. The van der Waals surface area contributed by atoms with Crippen LogP contribution >= 0.6 is 19.4 Å². The molecule has 1 aromatic carbocycles. The Morgan fingerprint density at radius 3 is 2.48 bits per heavy atom. The van der Waals surface area contributed by atoms with Gasteiger partial charge in [-0.1, -0.05) is 11.8 Å². The van der Waals surface area contributed by atoms with Crippen molar-refractivity contribution in [2.24, 2.45) is 0 Å². The van der Waals surface area contributed by atoms with Gasteiger partial charge in [-0.25, -0.2) is 0 Å². The highest BCUT2D eigenvalue weighted by molar-refractivity contribution is 8.06. The van der Waals surface area contributed by atoms with Crippen LogP contribution in [0.4, 0.5) is 0 Å². The average Bonchev–Trinajstić information content (AvgIpc) is 2.70. The molecule has 10 heteroatoms. The first-order valence-electron chi connectivity index (χ1n) is 9.84. The largest absolute Gasteiger partial charge is 0.493 e. The molecule has 0 unspecified atom stereocenters. The fourth-order valence-corrected chi connectivity index (χ4v) is 5.28. The average molecular weight is 469 g/mol. The number of aryl methyl sites for hydroxylation is 1. The van der Waals surface area contributed by atoms with Crippen molar-refractivity contribution in [3.63, 3.8) is 0 Å². The predicted octanol–water partition coefficient (Wildman–Crippen LogP) is 4.58. The number of nitrogens with zero attached hydrogens (tertiary/aromatic N) is 1. The first kappa shape index (κ1) is 25.2. The zero-order chi connectivity index (χ0) is 23.0. The highest BCUT2D eigenvalue weighted by Gasteiger charge is 2.27. The summed E-state index contributed by atoms with van der Waals surface area (Å²) in [5.41, 5.74) is 1.43. The molecular formula is C21H28NO7PS. The third-order valence-electron chi connectivity index (χ3n) is 4.20. The highest BCUT2D eigenvalue weighted by atomic mass is 32.2. The normalized spacial score (nSPS) is 15.5. The van der Waals surface area contributed by atoms with Crippen molar-refractivity contribution < 1.29 is 32.7 Å². The lowest BCUT2D eigenvalue weighted by molar-refractivity contribution is -0.132. The molecule has 1 amide bonds. The number of hydrogen-bond donors (Lipinski definition) is 0. The van der Waals surface area contributed by atoms with Crippen LogP contribution < -0.4 is 9.47 Å². The predicted molar refractivity (Wildman–Crippen MR) is 121 cm³/mol. The molecule has 1 aliphatic rings. The second kappa shape index (κ2) is 11.5. The lowest BCUT2D eigenvalue weighted by Crippen LogP contribution is -2.31. The van der Waals surface area contributed by atoms with Gasteiger partial charge in [0.25, 0.3) is 5.91 Å². The van der Waals surface area contributed by atoms with Crippen molar-refractivity contribution >= 4 is 37.3 Å². The Hall–Kier alpha value is -2.06. The number of hydrogen-bond acceptors (Lipinski definition) is 8. The van der Waals surface area contributed by atoms with Crippen molar-refractivity contribution in [3.8, 4) is 11.5 Å². The number of esters is 1. The molecular weight excluding hydrogens is 441 g/mol. The van der Waals surface area contributed by atoms with E-state index in [1.807, 2.05) is 6.07 Å². The van der Waals surface area contributed by atoms with E-state index < -0.39 is 13.6 Å². The number of amides is 1. The third-order valence-corrected chi connectivity index (χ3v) is 7.06. The molecule has 0 bridgehead atoms. The molecule has 0 aliphatic carbocycles. The molecule has 0 spiro atoms. The van der Waals surface area contributed by atoms with Gasteiger partial charge in [0.05, 0.1) is 31.4 Å². The van der Waals surface area contributed by atoms with Crippen molar-refractivity contribution in [1.29, 1.82) is 0 Å². The van der Waals surface area contributed by atoms with E-state index in [4.69, 9.17) is 18.5 Å². The molecule has 1 aliphatic heterocycles. The van der Waals surface area contributed by atoms with Crippen LogP contribution in [0.15, 0.2) is 28.6 Å². The SMILES string of the molecule is CCOP(=O)(CCN1C=CSC(=Cc2cc(C)c(OC(C)=O)c(OC)c2)C1=O)OCC. The van der Waals surface area contributed by atoms with Gasteiger partial charge in [-0.15, -0.1) is 0 Å². The molecule has 0 saturated heterocycles. The van der Waals surface area contributed by atoms with Crippen LogP contribution in [0.2, 0.25) is 0 Å². The van der Waals surface area contributed by atoms with Gasteiger partial charge < -0.3 is 23.4 Å². The van der Waals surface area contributed by atoms with Gasteiger partial charge >= 0.3 is 13.6 Å². The van der Waals surface area contributed by atoms with Crippen LogP contribution in [0, 0.1) is 6.92 Å². The van der Waals surface area contributed by atoms with Crippen LogP contribution in [0.1, 0.15) is 31.9 Å². The van der Waals surface area contributed by atoms with E-state index in [0.29, 0.717) is 22.0 Å². The van der Waals surface area contributed by atoms with Crippen LogP contribution in [-0.4, -0.2) is 49.8 Å². The van der Waals surface area contributed by atoms with Gasteiger partial charge in [-0.2, -0.15) is 0 Å². The lowest BCUT2D eigenvalue weighted by atomic mass is 10.1. The van der Waals surface area contributed by atoms with Gasteiger partial charge in [-0.3, -0.25) is 14.2 Å². The summed E-state index contributed by atoms with van der Waals surface area (Å²) in [6.45, 7) is 7.36. The summed E-state index contributed by atoms with van der Waals surface area (Å²) in [7, 11) is -1.76. The van der Waals surface area contributed by atoms with Crippen LogP contribution in [0.5, 0.6) is 11.5 Å². The monoisotopic (exact) mass is 469 g/mol. The zero-order valence-corrected chi connectivity index (χ0v) is 20.1. The van der Waals surface area contributed by atoms with Gasteiger partial charge in [-0.05, 0) is 55.5 Å². The molecule has 31 heavy (non-hydrogen) atoms. The number of methoxy groups -OCH3 is 1. The van der Waals surface area contributed by atoms with Gasteiger partial charge in [0.15, 0.2) is 11.5 Å². The Labute approximate surface area is 187 Å². The molecule has 170 valence electrons. The van der Waals surface area contributed by atoms with Gasteiger partial charge in [0.2, 0.25) is 0 Å². The molecule has 2 rings (SSSR count). The number of thioether (sulfide) groups is 1. The minimum Gasteiger partial charge on any atom is -0.493 e. The van der Waals surface area contributed by atoms with Crippen molar-refractivity contribution in [3.05, 3.63) is 39.8 Å². The second-order valence-electron chi connectivity index (χ2n) is 6.54. The van der Waals surface area contributed by atoms with E-state index in [1.54, 1.807) is 44.5 Å². The molecule has 8 nitrogen and oxygen atoms in total. The highest BCUT2D eigenvalue weighted by Crippen LogP contribution is 2.48. The number of carbonyl (C=O) groups excluding carboxylic acids is 2. The minimum absolute atomic E-state index is 0.104. The second-order valence-corrected chi connectivity index (χ2v) is 9.68. The molecule has 0 atom stereocenters. The molecule has 0 saturated carbocycles. The summed E-state index contributed by atoms with van der Waals surface area (Å²) in [5, 5.41) is 1.79. The van der Waals surface area contributed by atoms with Crippen molar-refractivity contribution in [1.82, 2.24) is 4.90 Å². The fourth-order valence-electron chi connectivity index (χ4n) is 2.93. The number of rotatable bonds is 10. The maximum Gasteiger partial charge on any atom is 0.332 e. The van der Waals surface area contributed by atoms with Crippen molar-refractivity contribution in [2.45, 2.75) is 27.7 Å². The smallest absolute Gasteiger partial charge is 0.332 e. The summed E-state index contributed by atoms with van der Waals surface area (Å²) in [5.74, 6) is 0.0939. The van der Waals surface area contributed by atoms with Gasteiger partial charge in [0, 0.05) is 19.7 Å². The summed E-state index contributed by atoms with van der Waals surface area (Å²) in [6, 6.07) is 3.51.